The van der Waals surface area contributed by atoms with Gasteiger partial charge in [-0.2, -0.15) is 0 Å². The van der Waals surface area contributed by atoms with Crippen molar-refractivity contribution in [1.29, 1.82) is 5.41 Å². The summed E-state index contributed by atoms with van der Waals surface area (Å²) in [5.41, 5.74) is 5.06. The first-order valence-corrected chi connectivity index (χ1v) is 6.00. The number of hydrogen-bond acceptors (Lipinski definition) is 5. The topological polar surface area (TPSA) is 104 Å². The molecule has 1 rings (SSSR count). The van der Waals surface area contributed by atoms with Gasteiger partial charge in [-0.05, 0) is 0 Å². The van der Waals surface area contributed by atoms with Crippen LogP contribution in [0.2, 0.25) is 0 Å². The number of nitrogens with one attached hydrogen (secondary N) is 1. The molecule has 5 nitrogen and oxygen atoms in total. The van der Waals surface area contributed by atoms with E-state index in [1.807, 2.05) is 0 Å². The summed E-state index contributed by atoms with van der Waals surface area (Å²) in [5.74, 6) is -0.295. The van der Waals surface area contributed by atoms with Crippen LogP contribution in [0.15, 0.2) is 0 Å². The van der Waals surface area contributed by atoms with E-state index in [9.17, 15) is 13.5 Å². The summed E-state index contributed by atoms with van der Waals surface area (Å²) in [6.45, 7) is 0. The molecule has 0 amide bonds. The van der Waals surface area contributed by atoms with Gasteiger partial charge >= 0.3 is 0 Å². The number of aliphatic hydroxyl groups is 1. The Kier molecular flexibility index (Phi) is 2.64. The lowest BCUT2D eigenvalue weighted by molar-refractivity contribution is 0.208. The molecule has 0 unspecified atom stereocenters. The molecule has 1 saturated heterocycles. The number of amidine groups is 1. The second-order valence-electron chi connectivity index (χ2n) is 2.66. The van der Waals surface area contributed by atoms with E-state index in [4.69, 9.17) is 11.1 Å². The van der Waals surface area contributed by atoms with Crippen molar-refractivity contribution in [2.45, 2.75) is 11.4 Å². The number of nitrogens with two attached hydrogens (primary N) is 1. The molecule has 0 aliphatic carbocycles. The average molecular weight is 210 g/mol. The van der Waals surface area contributed by atoms with Gasteiger partial charge in [-0.1, -0.05) is 11.8 Å². The van der Waals surface area contributed by atoms with Crippen LogP contribution in [0, 0.1) is 5.41 Å². The largest absolute Gasteiger partial charge is 0.391 e. The Bertz CT molecular complexity index is 287. The second kappa shape index (κ2) is 3.23. The molecule has 4 N–H and O–H groups in total. The molecule has 2 atom stereocenters. The van der Waals surface area contributed by atoms with Crippen molar-refractivity contribution in [2.24, 2.45) is 5.73 Å². The van der Waals surface area contributed by atoms with Gasteiger partial charge in [0.05, 0.1) is 22.9 Å². The first kappa shape index (κ1) is 9.82. The van der Waals surface area contributed by atoms with Crippen LogP contribution in [0.3, 0.4) is 0 Å². The standard InChI is InChI=1S/C5H10N2O3S2/c6-5(7)11-4-2-12(9,10)1-3(4)8/h3-4,8H,1-2H2,(H3,6,7)/t3-,4+/m1/s1. The number of thioether (sulfide) groups is 1. The van der Waals surface area contributed by atoms with Gasteiger partial charge in [0.2, 0.25) is 0 Å². The van der Waals surface area contributed by atoms with Crippen LogP contribution >= 0.6 is 11.8 Å². The average Bonchev–Trinajstić information content (AvgIpc) is 2.03. The van der Waals surface area contributed by atoms with Crippen LogP contribution in [0.5, 0.6) is 0 Å². The highest BCUT2D eigenvalue weighted by Crippen LogP contribution is 2.24. The van der Waals surface area contributed by atoms with Crippen LogP contribution in [-0.4, -0.2) is 41.6 Å². The van der Waals surface area contributed by atoms with Gasteiger partial charge in [0, 0.05) is 0 Å². The lowest BCUT2D eigenvalue weighted by atomic mass is 10.3. The molecule has 0 saturated carbocycles. The minimum atomic E-state index is -3.11. The zero-order chi connectivity index (χ0) is 9.35. The van der Waals surface area contributed by atoms with Crippen molar-refractivity contribution in [3.05, 3.63) is 0 Å². The van der Waals surface area contributed by atoms with E-state index in [2.05, 4.69) is 0 Å². The second-order valence-corrected chi connectivity index (χ2v) is 6.10. The predicted molar refractivity (Wildman–Crippen MR) is 48.0 cm³/mol. The molecular formula is C5H10N2O3S2. The maximum Gasteiger partial charge on any atom is 0.154 e. The number of sulfone groups is 1. The molecule has 1 aliphatic rings. The molecular weight excluding hydrogens is 200 g/mol. The maximum absolute atomic E-state index is 10.9. The number of aliphatic hydroxyl groups excluding tert-OH is 1. The molecule has 70 valence electrons. The van der Waals surface area contributed by atoms with Crippen LogP contribution < -0.4 is 5.73 Å². The fourth-order valence-corrected chi connectivity index (χ4v) is 4.28. The summed E-state index contributed by atoms with van der Waals surface area (Å²) >= 11 is 0.904. The molecule has 7 heteroatoms. The van der Waals surface area contributed by atoms with Gasteiger partial charge in [-0.15, -0.1) is 0 Å². The van der Waals surface area contributed by atoms with E-state index in [1.165, 1.54) is 0 Å². The summed E-state index contributed by atoms with van der Waals surface area (Å²) < 4.78 is 21.9. The molecule has 0 aromatic carbocycles. The molecule has 0 radical (unpaired) electrons. The number of rotatable bonds is 1. The normalized spacial score (nSPS) is 33.4. The third-order valence-electron chi connectivity index (χ3n) is 1.55. The van der Waals surface area contributed by atoms with Crippen molar-refractivity contribution in [3.8, 4) is 0 Å². The first-order valence-electron chi connectivity index (χ1n) is 3.30. The Balaban J connectivity index is 2.64. The Morgan fingerprint density at radius 3 is 2.50 bits per heavy atom. The molecule has 0 spiro atoms. The van der Waals surface area contributed by atoms with Crippen molar-refractivity contribution < 1.29 is 13.5 Å². The maximum atomic E-state index is 10.9. The lowest BCUT2D eigenvalue weighted by Crippen LogP contribution is -2.23. The summed E-state index contributed by atoms with van der Waals surface area (Å²) in [7, 11) is -3.11. The van der Waals surface area contributed by atoms with Crippen LogP contribution in [-0.2, 0) is 9.84 Å². The summed E-state index contributed by atoms with van der Waals surface area (Å²) in [5, 5.41) is 15.5. The van der Waals surface area contributed by atoms with Gasteiger partial charge in [-0.3, -0.25) is 5.41 Å². The van der Waals surface area contributed by atoms with E-state index in [1.54, 1.807) is 0 Å². The van der Waals surface area contributed by atoms with Gasteiger partial charge in [0.15, 0.2) is 15.0 Å². The smallest absolute Gasteiger partial charge is 0.154 e. The highest BCUT2D eigenvalue weighted by atomic mass is 32.2. The minimum Gasteiger partial charge on any atom is -0.391 e. The van der Waals surface area contributed by atoms with Crippen molar-refractivity contribution in [2.75, 3.05) is 11.5 Å². The van der Waals surface area contributed by atoms with E-state index in [-0.39, 0.29) is 16.7 Å². The molecule has 12 heavy (non-hydrogen) atoms. The third-order valence-corrected chi connectivity index (χ3v) is 4.52. The van der Waals surface area contributed by atoms with Gasteiger partial charge < -0.3 is 10.8 Å². The lowest BCUT2D eigenvalue weighted by Gasteiger charge is -2.09. The van der Waals surface area contributed by atoms with E-state index in [0.717, 1.165) is 11.8 Å². The Labute approximate surface area is 74.8 Å². The molecule has 0 aromatic heterocycles. The van der Waals surface area contributed by atoms with Gasteiger partial charge in [-0.25, -0.2) is 8.42 Å². The molecule has 0 aromatic rings. The fourth-order valence-electron chi connectivity index (χ4n) is 1.07. The molecule has 1 heterocycles. The van der Waals surface area contributed by atoms with Crippen LogP contribution in [0.4, 0.5) is 0 Å². The van der Waals surface area contributed by atoms with Crippen molar-refractivity contribution in [3.63, 3.8) is 0 Å². The van der Waals surface area contributed by atoms with E-state index in [0.29, 0.717) is 0 Å². The fraction of sp³-hybridized carbons (Fsp3) is 0.800. The van der Waals surface area contributed by atoms with Crippen molar-refractivity contribution >= 4 is 26.8 Å². The third kappa shape index (κ3) is 2.36. The van der Waals surface area contributed by atoms with E-state index < -0.39 is 21.2 Å². The van der Waals surface area contributed by atoms with Crippen LogP contribution in [0.25, 0.3) is 0 Å². The quantitative estimate of drug-likeness (QED) is 0.371. The minimum absolute atomic E-state index is 0.0849. The summed E-state index contributed by atoms with van der Waals surface area (Å²) in [6.07, 6.45) is -0.885. The van der Waals surface area contributed by atoms with Gasteiger partial charge in [0.25, 0.3) is 0 Å². The Morgan fingerprint density at radius 2 is 2.17 bits per heavy atom. The highest BCUT2D eigenvalue weighted by molar-refractivity contribution is 8.14. The summed E-state index contributed by atoms with van der Waals surface area (Å²) in [4.78, 5) is 0. The highest BCUT2D eigenvalue weighted by Gasteiger charge is 2.37. The number of hydrogen-bond donors (Lipinski definition) is 3. The predicted octanol–water partition coefficient (Wildman–Crippen LogP) is -1.23. The first-order chi connectivity index (χ1) is 5.41. The Morgan fingerprint density at radius 1 is 1.58 bits per heavy atom. The van der Waals surface area contributed by atoms with Crippen LogP contribution in [0.1, 0.15) is 0 Å². The summed E-state index contributed by atoms with van der Waals surface area (Å²) in [6, 6.07) is 0. The SMILES string of the molecule is N=C(N)S[C@H]1CS(=O)(=O)C[C@H]1O. The van der Waals surface area contributed by atoms with E-state index >= 15 is 0 Å². The Hall–Kier alpha value is -0.270. The zero-order valence-electron chi connectivity index (χ0n) is 6.23. The van der Waals surface area contributed by atoms with Gasteiger partial charge in [0.1, 0.15) is 0 Å². The molecule has 1 fully saturated rings. The molecule has 0 bridgehead atoms. The monoisotopic (exact) mass is 210 g/mol. The zero-order valence-corrected chi connectivity index (χ0v) is 7.86. The molecule has 1 aliphatic heterocycles. The van der Waals surface area contributed by atoms with Crippen molar-refractivity contribution in [1.82, 2.24) is 0 Å².